The van der Waals surface area contributed by atoms with E-state index in [2.05, 4.69) is 10.6 Å². The highest BCUT2D eigenvalue weighted by molar-refractivity contribution is 5.94. The summed E-state index contributed by atoms with van der Waals surface area (Å²) >= 11 is 0. The molecule has 1 aliphatic rings. The summed E-state index contributed by atoms with van der Waals surface area (Å²) < 4.78 is 5.22. The van der Waals surface area contributed by atoms with E-state index < -0.39 is 0 Å². The van der Waals surface area contributed by atoms with Gasteiger partial charge in [-0.3, -0.25) is 9.59 Å². The van der Waals surface area contributed by atoms with Gasteiger partial charge in [0.05, 0.1) is 0 Å². The maximum absolute atomic E-state index is 11.8. The minimum Gasteiger partial charge on any atom is -0.381 e. The number of hydrogen-bond donors (Lipinski definition) is 2. The third kappa shape index (κ3) is 4.35. The first kappa shape index (κ1) is 14.5. The molecule has 0 unspecified atom stereocenters. The van der Waals surface area contributed by atoms with Crippen LogP contribution in [0.5, 0.6) is 0 Å². The summed E-state index contributed by atoms with van der Waals surface area (Å²) in [6.45, 7) is 2.20. The Labute approximate surface area is 118 Å². The summed E-state index contributed by atoms with van der Waals surface area (Å²) in [5.41, 5.74) is 0.628. The minimum absolute atomic E-state index is 0.0496. The third-order valence-electron chi connectivity index (χ3n) is 3.34. The van der Waals surface area contributed by atoms with Crippen molar-refractivity contribution < 1.29 is 14.3 Å². The Hall–Kier alpha value is -1.88. The van der Waals surface area contributed by atoms with Gasteiger partial charge in [0, 0.05) is 37.8 Å². The molecule has 2 amide bonds. The van der Waals surface area contributed by atoms with Crippen LogP contribution >= 0.6 is 0 Å². The lowest BCUT2D eigenvalue weighted by Gasteiger charge is -2.21. The van der Waals surface area contributed by atoms with E-state index in [1.165, 1.54) is 0 Å². The van der Waals surface area contributed by atoms with Gasteiger partial charge in [-0.05, 0) is 25.0 Å². The van der Waals surface area contributed by atoms with Crippen LogP contribution in [0.15, 0.2) is 30.3 Å². The van der Waals surface area contributed by atoms with E-state index in [0.717, 1.165) is 12.8 Å². The lowest BCUT2D eigenvalue weighted by atomic mass is 9.99. The molecule has 1 aromatic carbocycles. The molecule has 2 N–H and O–H groups in total. The van der Waals surface area contributed by atoms with Crippen molar-refractivity contribution in [2.24, 2.45) is 5.92 Å². The summed E-state index contributed by atoms with van der Waals surface area (Å²) in [6, 6.07) is 9.03. The second-order valence-electron chi connectivity index (χ2n) is 4.80. The number of ether oxygens (including phenoxy) is 1. The standard InChI is InChI=1S/C15H20N2O3/c18-14(12-4-2-1-3-5-12)16-8-9-17-15(19)13-6-10-20-11-7-13/h1-5,13H,6-11H2,(H,16,18)(H,17,19). The van der Waals surface area contributed by atoms with Gasteiger partial charge in [0.25, 0.3) is 5.91 Å². The van der Waals surface area contributed by atoms with Gasteiger partial charge < -0.3 is 15.4 Å². The van der Waals surface area contributed by atoms with Crippen LogP contribution in [0, 0.1) is 5.92 Å². The molecule has 1 aromatic rings. The normalized spacial score (nSPS) is 15.6. The SMILES string of the molecule is O=C(NCCNC(=O)C1CCOCC1)c1ccccc1. The van der Waals surface area contributed by atoms with Gasteiger partial charge >= 0.3 is 0 Å². The van der Waals surface area contributed by atoms with Crippen molar-refractivity contribution in [3.63, 3.8) is 0 Å². The van der Waals surface area contributed by atoms with Gasteiger partial charge in [0.2, 0.25) is 5.91 Å². The number of rotatable bonds is 5. The Morgan fingerprint density at radius 2 is 1.70 bits per heavy atom. The molecule has 0 aromatic heterocycles. The highest BCUT2D eigenvalue weighted by atomic mass is 16.5. The molecule has 0 atom stereocenters. The summed E-state index contributed by atoms with van der Waals surface area (Å²) in [6.07, 6.45) is 1.56. The molecule has 5 heteroatoms. The van der Waals surface area contributed by atoms with E-state index in [1.54, 1.807) is 12.1 Å². The maximum Gasteiger partial charge on any atom is 0.251 e. The van der Waals surface area contributed by atoms with Crippen LogP contribution in [-0.2, 0) is 9.53 Å². The van der Waals surface area contributed by atoms with E-state index in [0.29, 0.717) is 31.9 Å². The molecular formula is C15H20N2O3. The average molecular weight is 276 g/mol. The molecule has 1 aliphatic heterocycles. The molecular weight excluding hydrogens is 256 g/mol. The summed E-state index contributed by atoms with van der Waals surface area (Å²) in [5.74, 6) is -0.0123. The first-order valence-electron chi connectivity index (χ1n) is 6.96. The predicted molar refractivity (Wildman–Crippen MR) is 75.3 cm³/mol. The number of carbonyl (C=O) groups excluding carboxylic acids is 2. The van der Waals surface area contributed by atoms with Crippen molar-refractivity contribution in [2.45, 2.75) is 12.8 Å². The van der Waals surface area contributed by atoms with Crippen molar-refractivity contribution in [3.8, 4) is 0 Å². The molecule has 5 nitrogen and oxygen atoms in total. The molecule has 0 radical (unpaired) electrons. The third-order valence-corrected chi connectivity index (χ3v) is 3.34. The van der Waals surface area contributed by atoms with Gasteiger partial charge in [-0.15, -0.1) is 0 Å². The van der Waals surface area contributed by atoms with Gasteiger partial charge in [-0.2, -0.15) is 0 Å². The van der Waals surface area contributed by atoms with E-state index >= 15 is 0 Å². The molecule has 0 aliphatic carbocycles. The number of nitrogens with one attached hydrogen (secondary N) is 2. The molecule has 20 heavy (non-hydrogen) atoms. The second kappa shape index (κ2) is 7.65. The number of hydrogen-bond acceptors (Lipinski definition) is 3. The van der Waals surface area contributed by atoms with Crippen LogP contribution in [-0.4, -0.2) is 38.1 Å². The Kier molecular flexibility index (Phi) is 5.55. The smallest absolute Gasteiger partial charge is 0.251 e. The van der Waals surface area contributed by atoms with Crippen molar-refractivity contribution in [1.82, 2.24) is 10.6 Å². The summed E-state index contributed by atoms with van der Waals surface area (Å²) in [7, 11) is 0. The predicted octanol–water partition coefficient (Wildman–Crippen LogP) is 0.959. The maximum atomic E-state index is 11.8. The average Bonchev–Trinajstić information content (AvgIpc) is 2.53. The van der Waals surface area contributed by atoms with Crippen LogP contribution < -0.4 is 10.6 Å². The van der Waals surface area contributed by atoms with Crippen LogP contribution in [0.4, 0.5) is 0 Å². The van der Waals surface area contributed by atoms with E-state index in [9.17, 15) is 9.59 Å². The van der Waals surface area contributed by atoms with Gasteiger partial charge in [0.15, 0.2) is 0 Å². The number of amides is 2. The van der Waals surface area contributed by atoms with Gasteiger partial charge in [0.1, 0.15) is 0 Å². The highest BCUT2D eigenvalue weighted by Crippen LogP contribution is 2.14. The zero-order valence-corrected chi connectivity index (χ0v) is 11.4. The van der Waals surface area contributed by atoms with Crippen molar-refractivity contribution in [3.05, 3.63) is 35.9 Å². The van der Waals surface area contributed by atoms with Crippen LogP contribution in [0.2, 0.25) is 0 Å². The fourth-order valence-electron chi connectivity index (χ4n) is 2.16. The molecule has 108 valence electrons. The Morgan fingerprint density at radius 3 is 2.40 bits per heavy atom. The first-order chi connectivity index (χ1) is 9.77. The van der Waals surface area contributed by atoms with Crippen molar-refractivity contribution >= 4 is 11.8 Å². The van der Waals surface area contributed by atoms with Crippen molar-refractivity contribution in [2.75, 3.05) is 26.3 Å². The number of carbonyl (C=O) groups is 2. The zero-order valence-electron chi connectivity index (χ0n) is 11.4. The summed E-state index contributed by atoms with van der Waals surface area (Å²) in [5, 5.41) is 5.63. The van der Waals surface area contributed by atoms with E-state index in [-0.39, 0.29) is 17.7 Å². The Bertz CT molecular complexity index is 442. The van der Waals surface area contributed by atoms with Gasteiger partial charge in [-0.1, -0.05) is 18.2 Å². The lowest BCUT2D eigenvalue weighted by Crippen LogP contribution is -2.39. The van der Waals surface area contributed by atoms with Crippen LogP contribution in [0.1, 0.15) is 23.2 Å². The molecule has 2 rings (SSSR count). The van der Waals surface area contributed by atoms with Crippen molar-refractivity contribution in [1.29, 1.82) is 0 Å². The molecule has 1 saturated heterocycles. The Morgan fingerprint density at radius 1 is 1.05 bits per heavy atom. The fourth-order valence-corrected chi connectivity index (χ4v) is 2.16. The van der Waals surface area contributed by atoms with E-state index in [1.807, 2.05) is 18.2 Å². The van der Waals surface area contributed by atoms with E-state index in [4.69, 9.17) is 4.74 Å². The Balaban J connectivity index is 1.64. The molecule has 0 spiro atoms. The highest BCUT2D eigenvalue weighted by Gasteiger charge is 2.20. The summed E-state index contributed by atoms with van der Waals surface area (Å²) in [4.78, 5) is 23.6. The minimum atomic E-state index is -0.120. The zero-order chi connectivity index (χ0) is 14.2. The van der Waals surface area contributed by atoms with Gasteiger partial charge in [-0.25, -0.2) is 0 Å². The molecule has 1 fully saturated rings. The topological polar surface area (TPSA) is 67.4 Å². The molecule has 0 saturated carbocycles. The second-order valence-corrected chi connectivity index (χ2v) is 4.80. The van der Waals surface area contributed by atoms with Crippen LogP contribution in [0.3, 0.4) is 0 Å². The quantitative estimate of drug-likeness (QED) is 0.787. The fraction of sp³-hybridized carbons (Fsp3) is 0.467. The molecule has 0 bridgehead atoms. The lowest BCUT2D eigenvalue weighted by molar-refractivity contribution is -0.127. The monoisotopic (exact) mass is 276 g/mol. The number of benzene rings is 1. The van der Waals surface area contributed by atoms with Crippen LogP contribution in [0.25, 0.3) is 0 Å². The molecule has 1 heterocycles. The largest absolute Gasteiger partial charge is 0.381 e. The first-order valence-corrected chi connectivity index (χ1v) is 6.96.